The Morgan fingerprint density at radius 3 is 2.62 bits per heavy atom. The molecule has 0 spiro atoms. The number of hydrogen-bond donors (Lipinski definition) is 3. The largest absolute Gasteiger partial charge is 0.356 e. The first-order valence-electron chi connectivity index (χ1n) is 13.3. The van der Waals surface area contributed by atoms with E-state index < -0.39 is 18.1 Å². The van der Waals surface area contributed by atoms with Gasteiger partial charge >= 0.3 is 0 Å². The zero-order valence-electron chi connectivity index (χ0n) is 21.9. The molecule has 3 N–H and O–H groups in total. The lowest BCUT2D eigenvalue weighted by molar-refractivity contribution is -0.132. The van der Waals surface area contributed by atoms with Crippen molar-refractivity contribution in [3.8, 4) is 0 Å². The number of rotatable bonds is 8. The van der Waals surface area contributed by atoms with Crippen molar-refractivity contribution < 1.29 is 18.8 Å². The van der Waals surface area contributed by atoms with Crippen molar-refractivity contribution in [3.63, 3.8) is 0 Å². The highest BCUT2D eigenvalue weighted by molar-refractivity contribution is 7.98. The fraction of sp³-hybridized carbons (Fsp3) is 0.258. The summed E-state index contributed by atoms with van der Waals surface area (Å²) in [7, 11) is 0. The maximum absolute atomic E-state index is 14.0. The van der Waals surface area contributed by atoms with E-state index in [0.29, 0.717) is 24.2 Å². The number of carbonyl (C=O) groups is 3. The molecule has 2 aliphatic heterocycles. The molecular weight excluding hydrogens is 527 g/mol. The van der Waals surface area contributed by atoms with E-state index in [9.17, 15) is 18.8 Å². The van der Waals surface area contributed by atoms with Crippen LogP contribution in [-0.4, -0.2) is 51.7 Å². The van der Waals surface area contributed by atoms with Gasteiger partial charge < -0.3 is 20.5 Å². The van der Waals surface area contributed by atoms with Crippen molar-refractivity contribution in [3.05, 3.63) is 107 Å². The second-order valence-corrected chi connectivity index (χ2v) is 11.2. The van der Waals surface area contributed by atoms with Gasteiger partial charge in [0.2, 0.25) is 11.8 Å². The third kappa shape index (κ3) is 4.64. The van der Waals surface area contributed by atoms with Crippen LogP contribution in [0.1, 0.15) is 45.2 Å². The average molecular weight is 557 g/mol. The molecule has 0 radical (unpaired) electrons. The number of thioether (sulfide) groups is 1. The number of nitrogens with zero attached hydrogens (tertiary/aromatic N) is 1. The summed E-state index contributed by atoms with van der Waals surface area (Å²) in [5, 5.41) is 6.87. The number of H-pyrrole nitrogens is 1. The van der Waals surface area contributed by atoms with Crippen LogP contribution in [0.15, 0.2) is 72.8 Å². The summed E-state index contributed by atoms with van der Waals surface area (Å²) in [6.45, 7) is 0.217. The summed E-state index contributed by atoms with van der Waals surface area (Å²) in [4.78, 5) is 46.0. The summed E-state index contributed by atoms with van der Waals surface area (Å²) < 4.78 is 13.3. The normalized spacial score (nSPS) is 18.1. The number of amides is 3. The second-order valence-electron chi connectivity index (χ2n) is 10.2. The van der Waals surface area contributed by atoms with Gasteiger partial charge in [0.25, 0.3) is 5.91 Å². The Balaban J connectivity index is 1.29. The number of aromatic amines is 1. The van der Waals surface area contributed by atoms with Crippen LogP contribution in [0.4, 0.5) is 4.39 Å². The molecule has 204 valence electrons. The first kappa shape index (κ1) is 26.1. The first-order chi connectivity index (χ1) is 19.5. The molecule has 3 amide bonds. The first-order valence-corrected chi connectivity index (χ1v) is 14.7. The van der Waals surface area contributed by atoms with Crippen molar-refractivity contribution >= 4 is 40.4 Å². The number of benzene rings is 3. The van der Waals surface area contributed by atoms with E-state index in [1.54, 1.807) is 34.9 Å². The highest BCUT2D eigenvalue weighted by Crippen LogP contribution is 2.46. The summed E-state index contributed by atoms with van der Waals surface area (Å²) >= 11 is 1.59. The highest BCUT2D eigenvalue weighted by atomic mass is 32.2. The minimum Gasteiger partial charge on any atom is -0.356 e. The Bertz CT molecular complexity index is 1600. The zero-order chi connectivity index (χ0) is 27.8. The lowest BCUT2D eigenvalue weighted by Gasteiger charge is -2.37. The molecule has 3 heterocycles. The molecule has 3 atom stereocenters. The van der Waals surface area contributed by atoms with Crippen LogP contribution in [0.3, 0.4) is 0 Å². The molecule has 0 aliphatic carbocycles. The molecule has 1 unspecified atom stereocenters. The van der Waals surface area contributed by atoms with E-state index in [-0.39, 0.29) is 30.1 Å². The standard InChI is InChI=1S/C31H29FN4O3S/c1-40-15-14-25(29(37)33-17-18-10-12-19(32)13-11-18)35-30(38)26-16-23-20-6-4-5-9-24(20)34-27(23)28-21-7-2-3-8-22(21)31(39)36(26)28/h2-13,25-26,28,34H,14-17H2,1H3,(H,33,37)(H,35,38)/t25-,26-,28?/m0/s1. The van der Waals surface area contributed by atoms with Crippen LogP contribution in [0.5, 0.6) is 0 Å². The number of para-hydroxylation sites is 1. The van der Waals surface area contributed by atoms with Crippen LogP contribution < -0.4 is 10.6 Å². The van der Waals surface area contributed by atoms with Gasteiger partial charge in [0, 0.05) is 35.1 Å². The summed E-state index contributed by atoms with van der Waals surface area (Å²) in [6.07, 6.45) is 2.72. The van der Waals surface area contributed by atoms with Crippen molar-refractivity contribution in [2.75, 3.05) is 12.0 Å². The van der Waals surface area contributed by atoms with Crippen LogP contribution >= 0.6 is 11.8 Å². The summed E-state index contributed by atoms with van der Waals surface area (Å²) in [5.74, 6) is -0.537. The number of fused-ring (bicyclic) bond motifs is 7. The SMILES string of the molecule is CSCC[C@H](NC(=O)[C@@H]1Cc2c([nH]c3ccccc23)C2c3ccccc3C(=O)N21)C(=O)NCc1ccc(F)cc1. The lowest BCUT2D eigenvalue weighted by Crippen LogP contribution is -2.56. The minimum absolute atomic E-state index is 0.188. The van der Waals surface area contributed by atoms with Crippen LogP contribution in [0.2, 0.25) is 0 Å². The molecule has 40 heavy (non-hydrogen) atoms. The number of halogens is 1. The van der Waals surface area contributed by atoms with Gasteiger partial charge in [0.1, 0.15) is 17.9 Å². The van der Waals surface area contributed by atoms with Gasteiger partial charge in [-0.1, -0.05) is 48.5 Å². The van der Waals surface area contributed by atoms with Gasteiger partial charge in [-0.15, -0.1) is 0 Å². The Hall–Kier alpha value is -4.11. The van der Waals surface area contributed by atoms with Crippen LogP contribution in [0.25, 0.3) is 10.9 Å². The van der Waals surface area contributed by atoms with Gasteiger partial charge in [0.15, 0.2) is 0 Å². The van der Waals surface area contributed by atoms with E-state index in [1.807, 2.05) is 48.7 Å². The predicted octanol–water partition coefficient (Wildman–Crippen LogP) is 4.33. The number of hydrogen-bond acceptors (Lipinski definition) is 4. The third-order valence-corrected chi connectivity index (χ3v) is 8.42. The number of carbonyl (C=O) groups excluding carboxylic acids is 3. The van der Waals surface area contributed by atoms with Crippen LogP contribution in [0, 0.1) is 5.82 Å². The van der Waals surface area contributed by atoms with Gasteiger partial charge in [-0.25, -0.2) is 4.39 Å². The van der Waals surface area contributed by atoms with E-state index in [0.717, 1.165) is 33.3 Å². The number of aromatic nitrogens is 1. The molecule has 0 fully saturated rings. The second kappa shape index (κ2) is 10.8. The Morgan fingerprint density at radius 2 is 1.82 bits per heavy atom. The van der Waals surface area contributed by atoms with Gasteiger partial charge in [0.05, 0.1) is 6.04 Å². The van der Waals surface area contributed by atoms with Crippen molar-refractivity contribution in [2.45, 2.75) is 37.5 Å². The van der Waals surface area contributed by atoms with E-state index in [1.165, 1.54) is 12.1 Å². The maximum Gasteiger partial charge on any atom is 0.255 e. The van der Waals surface area contributed by atoms with Gasteiger partial charge in [-0.2, -0.15) is 11.8 Å². The highest BCUT2D eigenvalue weighted by Gasteiger charge is 2.49. The quantitative estimate of drug-likeness (QED) is 0.301. The summed E-state index contributed by atoms with van der Waals surface area (Å²) in [6, 6.07) is 19.4. The number of nitrogens with one attached hydrogen (secondary N) is 3. The molecule has 9 heteroatoms. The Kier molecular flexibility index (Phi) is 7.06. The van der Waals surface area contributed by atoms with E-state index in [2.05, 4.69) is 15.6 Å². The molecule has 4 aromatic rings. The van der Waals surface area contributed by atoms with Crippen molar-refractivity contribution in [1.82, 2.24) is 20.5 Å². The molecule has 7 nitrogen and oxygen atoms in total. The predicted molar refractivity (Wildman–Crippen MR) is 153 cm³/mol. The molecular formula is C31H29FN4O3S. The monoisotopic (exact) mass is 556 g/mol. The zero-order valence-corrected chi connectivity index (χ0v) is 22.8. The molecule has 0 saturated carbocycles. The Labute approximate surface area is 235 Å². The van der Waals surface area contributed by atoms with E-state index in [4.69, 9.17) is 0 Å². The maximum atomic E-state index is 14.0. The molecule has 6 rings (SSSR count). The fourth-order valence-electron chi connectivity index (χ4n) is 5.82. The van der Waals surface area contributed by atoms with Crippen LogP contribution in [-0.2, 0) is 22.6 Å². The van der Waals surface area contributed by atoms with Crippen molar-refractivity contribution in [1.29, 1.82) is 0 Å². The molecule has 2 aliphatic rings. The third-order valence-electron chi connectivity index (χ3n) is 7.78. The van der Waals surface area contributed by atoms with Gasteiger partial charge in [-0.05, 0) is 59.4 Å². The van der Waals surface area contributed by atoms with E-state index >= 15 is 0 Å². The average Bonchev–Trinajstić information content (AvgIpc) is 3.49. The summed E-state index contributed by atoms with van der Waals surface area (Å²) in [5.41, 5.74) is 5.12. The fourth-order valence-corrected chi connectivity index (χ4v) is 6.30. The smallest absolute Gasteiger partial charge is 0.255 e. The molecule has 3 aromatic carbocycles. The molecule has 1 aromatic heterocycles. The Morgan fingerprint density at radius 1 is 1.07 bits per heavy atom. The minimum atomic E-state index is -0.779. The topological polar surface area (TPSA) is 94.3 Å². The molecule has 0 saturated heterocycles. The van der Waals surface area contributed by atoms with Gasteiger partial charge in [-0.3, -0.25) is 14.4 Å². The molecule has 0 bridgehead atoms. The van der Waals surface area contributed by atoms with Crippen molar-refractivity contribution in [2.24, 2.45) is 0 Å². The lowest BCUT2D eigenvalue weighted by atomic mass is 9.89.